The number of aromatic nitrogens is 1. The highest BCUT2D eigenvalue weighted by Crippen LogP contribution is 2.34. The molecule has 0 aliphatic carbocycles. The number of hydrogen-bond donors (Lipinski definition) is 1. The van der Waals surface area contributed by atoms with Crippen molar-refractivity contribution in [3.63, 3.8) is 0 Å². The third kappa shape index (κ3) is 3.99. The zero-order valence-corrected chi connectivity index (χ0v) is 16.5. The van der Waals surface area contributed by atoms with Gasteiger partial charge in [0, 0.05) is 30.0 Å². The summed E-state index contributed by atoms with van der Waals surface area (Å²) in [6.07, 6.45) is 0.342. The molecule has 138 valence electrons. The van der Waals surface area contributed by atoms with Gasteiger partial charge in [0.1, 0.15) is 0 Å². The van der Waals surface area contributed by atoms with Crippen LogP contribution in [0.5, 0.6) is 0 Å². The van der Waals surface area contributed by atoms with E-state index in [0.29, 0.717) is 11.7 Å². The number of nitrogens with one attached hydrogen (secondary N) is 1. The predicted octanol–water partition coefficient (Wildman–Crippen LogP) is 4.46. The van der Waals surface area contributed by atoms with Crippen molar-refractivity contribution >= 4 is 55.9 Å². The molecule has 3 aromatic rings. The lowest BCUT2D eigenvalue weighted by molar-refractivity contribution is -0.122. The Bertz CT molecular complexity index is 1020. The van der Waals surface area contributed by atoms with Crippen LogP contribution >= 0.6 is 23.1 Å². The summed E-state index contributed by atoms with van der Waals surface area (Å²) < 4.78 is 1.05. The first-order valence-electron chi connectivity index (χ1n) is 8.79. The molecule has 4 rings (SSSR count). The molecule has 0 unspecified atom stereocenters. The van der Waals surface area contributed by atoms with Crippen LogP contribution in [-0.2, 0) is 9.59 Å². The lowest BCUT2D eigenvalue weighted by Gasteiger charge is -2.28. The minimum atomic E-state index is -0.182. The molecule has 1 aliphatic heterocycles. The number of para-hydroxylation sites is 1. The standard InChI is InChI=1S/C20H19N3O2S2/c1-13-6-7-14-17(12-13)27-20(21-14)22-18(24)8-9-19(25)23-10-11-26-16-5-3-2-4-15(16)23/h2-7,12H,8-11H2,1H3,(H,21,22,24). The number of carbonyl (C=O) groups is 2. The molecule has 5 nitrogen and oxygen atoms in total. The third-order valence-corrected chi connectivity index (χ3v) is 6.36. The van der Waals surface area contributed by atoms with E-state index in [4.69, 9.17) is 0 Å². The maximum Gasteiger partial charge on any atom is 0.227 e. The molecule has 2 amide bonds. The summed E-state index contributed by atoms with van der Waals surface area (Å²) in [5, 5.41) is 3.40. The largest absolute Gasteiger partial charge is 0.310 e. The normalized spacial score (nSPS) is 13.4. The van der Waals surface area contributed by atoms with Gasteiger partial charge in [-0.05, 0) is 36.8 Å². The summed E-state index contributed by atoms with van der Waals surface area (Å²) in [5.74, 6) is 0.677. The van der Waals surface area contributed by atoms with E-state index >= 15 is 0 Å². The van der Waals surface area contributed by atoms with Crippen LogP contribution in [0.15, 0.2) is 47.4 Å². The van der Waals surface area contributed by atoms with E-state index in [1.807, 2.05) is 43.3 Å². The van der Waals surface area contributed by atoms with Crippen molar-refractivity contribution in [2.24, 2.45) is 0 Å². The van der Waals surface area contributed by atoms with Gasteiger partial charge in [0.05, 0.1) is 15.9 Å². The molecule has 0 radical (unpaired) electrons. The molecule has 7 heteroatoms. The first-order chi connectivity index (χ1) is 13.1. The maximum absolute atomic E-state index is 12.6. The van der Waals surface area contributed by atoms with Crippen LogP contribution in [-0.4, -0.2) is 29.1 Å². The highest BCUT2D eigenvalue weighted by Gasteiger charge is 2.23. The van der Waals surface area contributed by atoms with E-state index in [9.17, 15) is 9.59 Å². The average Bonchev–Trinajstić information content (AvgIpc) is 3.06. The van der Waals surface area contributed by atoms with Gasteiger partial charge in [0.15, 0.2) is 5.13 Å². The van der Waals surface area contributed by atoms with Gasteiger partial charge in [0.2, 0.25) is 11.8 Å². The Kier molecular flexibility index (Phi) is 5.13. The number of amides is 2. The number of hydrogen-bond acceptors (Lipinski definition) is 5. The van der Waals surface area contributed by atoms with Crippen LogP contribution in [0.25, 0.3) is 10.2 Å². The van der Waals surface area contributed by atoms with Gasteiger partial charge < -0.3 is 10.2 Å². The molecule has 0 spiro atoms. The average molecular weight is 398 g/mol. The highest BCUT2D eigenvalue weighted by atomic mass is 32.2. The molecular formula is C20H19N3O2S2. The molecule has 2 aromatic carbocycles. The topological polar surface area (TPSA) is 62.3 Å². The van der Waals surface area contributed by atoms with E-state index in [0.717, 1.165) is 32.1 Å². The molecule has 27 heavy (non-hydrogen) atoms. The fraction of sp³-hybridized carbons (Fsp3) is 0.250. The van der Waals surface area contributed by atoms with Crippen molar-refractivity contribution in [3.05, 3.63) is 48.0 Å². The molecular weight excluding hydrogens is 378 g/mol. The SMILES string of the molecule is Cc1ccc2nc(NC(=O)CCC(=O)N3CCSc4ccccc43)sc2c1. The zero-order valence-electron chi connectivity index (χ0n) is 14.9. The van der Waals surface area contributed by atoms with E-state index in [-0.39, 0.29) is 24.7 Å². The fourth-order valence-corrected chi connectivity index (χ4v) is 5.03. The number of carbonyl (C=O) groups excluding carboxylic acids is 2. The van der Waals surface area contributed by atoms with Gasteiger partial charge in [-0.15, -0.1) is 11.8 Å². The molecule has 0 fully saturated rings. The molecule has 0 atom stereocenters. The number of rotatable bonds is 4. The van der Waals surface area contributed by atoms with Gasteiger partial charge >= 0.3 is 0 Å². The summed E-state index contributed by atoms with van der Waals surface area (Å²) in [5.41, 5.74) is 2.98. The molecule has 0 saturated heterocycles. The van der Waals surface area contributed by atoms with Crippen LogP contribution in [0.3, 0.4) is 0 Å². The van der Waals surface area contributed by atoms with Crippen molar-refractivity contribution in [3.8, 4) is 0 Å². The van der Waals surface area contributed by atoms with Crippen LogP contribution < -0.4 is 10.2 Å². The van der Waals surface area contributed by atoms with Crippen LogP contribution in [0, 0.1) is 6.92 Å². The quantitative estimate of drug-likeness (QED) is 0.706. The number of nitrogens with zero attached hydrogens (tertiary/aromatic N) is 2. The van der Waals surface area contributed by atoms with Gasteiger partial charge in [0.25, 0.3) is 0 Å². The lowest BCUT2D eigenvalue weighted by Crippen LogP contribution is -2.35. The fourth-order valence-electron chi connectivity index (χ4n) is 3.05. The minimum Gasteiger partial charge on any atom is -0.310 e. The summed E-state index contributed by atoms with van der Waals surface area (Å²) in [7, 11) is 0. The monoisotopic (exact) mass is 397 g/mol. The summed E-state index contributed by atoms with van der Waals surface area (Å²) in [6.45, 7) is 2.71. The number of aryl methyl sites for hydroxylation is 1. The lowest BCUT2D eigenvalue weighted by atomic mass is 10.2. The maximum atomic E-state index is 12.6. The van der Waals surface area contributed by atoms with E-state index < -0.39 is 0 Å². The van der Waals surface area contributed by atoms with Gasteiger partial charge in [-0.1, -0.05) is 29.5 Å². The Morgan fingerprint density at radius 2 is 2.04 bits per heavy atom. The second-order valence-electron chi connectivity index (χ2n) is 6.40. The molecule has 1 aromatic heterocycles. The summed E-state index contributed by atoms with van der Waals surface area (Å²) >= 11 is 3.21. The van der Waals surface area contributed by atoms with Gasteiger partial charge in [-0.2, -0.15) is 0 Å². The minimum absolute atomic E-state index is 0.0159. The van der Waals surface area contributed by atoms with Crippen LogP contribution in [0.2, 0.25) is 0 Å². The predicted molar refractivity (Wildman–Crippen MR) is 112 cm³/mol. The number of thiazole rings is 1. The molecule has 1 N–H and O–H groups in total. The van der Waals surface area contributed by atoms with Crippen molar-refractivity contribution < 1.29 is 9.59 Å². The van der Waals surface area contributed by atoms with Crippen molar-refractivity contribution in [2.45, 2.75) is 24.7 Å². The Hall–Kier alpha value is -2.38. The molecule has 1 aliphatic rings. The van der Waals surface area contributed by atoms with Crippen molar-refractivity contribution in [1.82, 2.24) is 4.98 Å². The smallest absolute Gasteiger partial charge is 0.227 e. The number of thioether (sulfide) groups is 1. The van der Waals surface area contributed by atoms with E-state index in [1.54, 1.807) is 16.7 Å². The molecule has 0 bridgehead atoms. The summed E-state index contributed by atoms with van der Waals surface area (Å²) in [4.78, 5) is 32.2. The Balaban J connectivity index is 1.37. The van der Waals surface area contributed by atoms with E-state index in [1.165, 1.54) is 11.3 Å². The van der Waals surface area contributed by atoms with Crippen molar-refractivity contribution in [2.75, 3.05) is 22.5 Å². The first-order valence-corrected chi connectivity index (χ1v) is 10.6. The van der Waals surface area contributed by atoms with Crippen LogP contribution in [0.4, 0.5) is 10.8 Å². The van der Waals surface area contributed by atoms with E-state index in [2.05, 4.69) is 16.4 Å². The van der Waals surface area contributed by atoms with Crippen LogP contribution in [0.1, 0.15) is 18.4 Å². The first kappa shape index (κ1) is 18.0. The Morgan fingerprint density at radius 3 is 2.93 bits per heavy atom. The number of benzene rings is 2. The van der Waals surface area contributed by atoms with Gasteiger partial charge in [-0.25, -0.2) is 4.98 Å². The second-order valence-corrected chi connectivity index (χ2v) is 8.57. The highest BCUT2D eigenvalue weighted by molar-refractivity contribution is 7.99. The zero-order chi connectivity index (χ0) is 18.8. The Morgan fingerprint density at radius 1 is 1.19 bits per heavy atom. The Labute approximate surface area is 165 Å². The number of anilines is 2. The van der Waals surface area contributed by atoms with Crippen molar-refractivity contribution in [1.29, 1.82) is 0 Å². The number of fused-ring (bicyclic) bond motifs is 2. The molecule has 2 heterocycles. The summed E-state index contributed by atoms with van der Waals surface area (Å²) in [6, 6.07) is 13.9. The molecule has 0 saturated carbocycles. The second kappa shape index (κ2) is 7.70. The van der Waals surface area contributed by atoms with Gasteiger partial charge in [-0.3, -0.25) is 9.59 Å². The third-order valence-electron chi connectivity index (χ3n) is 4.39.